The van der Waals surface area contributed by atoms with E-state index in [9.17, 15) is 8.42 Å². The van der Waals surface area contributed by atoms with E-state index in [-0.39, 0.29) is 25.8 Å². The molecule has 4 nitrogen and oxygen atoms in total. The van der Waals surface area contributed by atoms with Gasteiger partial charge < -0.3 is 0 Å². The predicted octanol–water partition coefficient (Wildman–Crippen LogP) is 4.15. The Morgan fingerprint density at radius 1 is 1.10 bits per heavy atom. The van der Waals surface area contributed by atoms with Crippen molar-refractivity contribution in [2.45, 2.75) is 11.8 Å². The summed E-state index contributed by atoms with van der Waals surface area (Å²) in [4.78, 5) is 3.64. The van der Waals surface area contributed by atoms with Gasteiger partial charge in [-0.3, -0.25) is 4.72 Å². The standard InChI is InChI=1S/C12H9Cl3N2O2S/c1-7-5-6-16-12(15)10(7)17-20(18,19)11-8(13)3-2-4-9(11)14/h2-6,17H,1H3. The van der Waals surface area contributed by atoms with Gasteiger partial charge in [0, 0.05) is 6.20 Å². The summed E-state index contributed by atoms with van der Waals surface area (Å²) in [6.45, 7) is 1.71. The van der Waals surface area contributed by atoms with Gasteiger partial charge in [0.25, 0.3) is 10.0 Å². The zero-order valence-corrected chi connectivity index (χ0v) is 13.3. The van der Waals surface area contributed by atoms with Gasteiger partial charge in [0.1, 0.15) is 4.90 Å². The van der Waals surface area contributed by atoms with Crippen molar-refractivity contribution in [1.29, 1.82) is 0 Å². The Balaban J connectivity index is 2.53. The van der Waals surface area contributed by atoms with Crippen molar-refractivity contribution in [3.63, 3.8) is 0 Å². The largest absolute Gasteiger partial charge is 0.276 e. The van der Waals surface area contributed by atoms with Crippen molar-refractivity contribution in [2.75, 3.05) is 4.72 Å². The lowest BCUT2D eigenvalue weighted by Gasteiger charge is -2.13. The molecule has 1 aromatic heterocycles. The highest BCUT2D eigenvalue weighted by Crippen LogP contribution is 2.32. The third kappa shape index (κ3) is 3.01. The fourth-order valence-electron chi connectivity index (χ4n) is 1.57. The summed E-state index contributed by atoms with van der Waals surface area (Å²) >= 11 is 17.7. The lowest BCUT2D eigenvalue weighted by Crippen LogP contribution is -2.15. The van der Waals surface area contributed by atoms with Gasteiger partial charge in [-0.1, -0.05) is 40.9 Å². The van der Waals surface area contributed by atoms with E-state index < -0.39 is 10.0 Å². The van der Waals surface area contributed by atoms with Crippen LogP contribution in [0.3, 0.4) is 0 Å². The second-order valence-electron chi connectivity index (χ2n) is 3.95. The SMILES string of the molecule is Cc1ccnc(Cl)c1NS(=O)(=O)c1c(Cl)cccc1Cl. The highest BCUT2D eigenvalue weighted by atomic mass is 35.5. The number of hydrogen-bond donors (Lipinski definition) is 1. The van der Waals surface area contributed by atoms with Crippen LogP contribution < -0.4 is 4.72 Å². The molecule has 1 aromatic carbocycles. The molecule has 0 saturated carbocycles. The van der Waals surface area contributed by atoms with E-state index in [2.05, 4.69) is 9.71 Å². The minimum Gasteiger partial charge on any atom is -0.276 e. The molecule has 1 N–H and O–H groups in total. The molecule has 0 saturated heterocycles. The van der Waals surface area contributed by atoms with Gasteiger partial charge in [-0.2, -0.15) is 0 Å². The van der Waals surface area contributed by atoms with E-state index in [0.29, 0.717) is 5.56 Å². The number of anilines is 1. The monoisotopic (exact) mass is 350 g/mol. The van der Waals surface area contributed by atoms with Crippen molar-refractivity contribution >= 4 is 50.5 Å². The van der Waals surface area contributed by atoms with Crippen molar-refractivity contribution < 1.29 is 8.42 Å². The minimum atomic E-state index is -3.96. The highest BCUT2D eigenvalue weighted by molar-refractivity contribution is 7.93. The number of sulfonamides is 1. The summed E-state index contributed by atoms with van der Waals surface area (Å²) in [7, 11) is -3.96. The molecule has 2 aromatic rings. The number of pyridine rings is 1. The Kier molecular flexibility index (Phi) is 4.44. The smallest absolute Gasteiger partial charge is 0.264 e. The van der Waals surface area contributed by atoms with Crippen LogP contribution in [0.4, 0.5) is 5.69 Å². The summed E-state index contributed by atoms with van der Waals surface area (Å²) in [6, 6.07) is 6.09. The Bertz CT molecular complexity index is 723. The first-order valence-electron chi connectivity index (χ1n) is 5.41. The zero-order chi connectivity index (χ0) is 14.9. The molecule has 0 unspecified atom stereocenters. The van der Waals surface area contributed by atoms with Crippen molar-refractivity contribution in [2.24, 2.45) is 0 Å². The molecule has 8 heteroatoms. The summed E-state index contributed by atoms with van der Waals surface area (Å²) in [5, 5.41) is 0.113. The maximum absolute atomic E-state index is 12.4. The first kappa shape index (κ1) is 15.4. The molecule has 20 heavy (non-hydrogen) atoms. The normalized spacial score (nSPS) is 11.4. The van der Waals surface area contributed by atoms with Gasteiger partial charge >= 0.3 is 0 Å². The number of aromatic nitrogens is 1. The number of benzene rings is 1. The molecule has 106 valence electrons. The Labute approximate surface area is 131 Å². The Morgan fingerprint density at radius 2 is 1.70 bits per heavy atom. The molecule has 0 fully saturated rings. The van der Waals surface area contributed by atoms with Crippen LogP contribution in [0.1, 0.15) is 5.56 Å². The summed E-state index contributed by atoms with van der Waals surface area (Å²) in [5.41, 5.74) is 0.835. The summed E-state index contributed by atoms with van der Waals surface area (Å²) in [5.74, 6) is 0. The highest BCUT2D eigenvalue weighted by Gasteiger charge is 2.23. The van der Waals surface area contributed by atoms with Gasteiger partial charge in [0.2, 0.25) is 0 Å². The number of halogens is 3. The first-order valence-corrected chi connectivity index (χ1v) is 8.02. The van der Waals surface area contributed by atoms with Gasteiger partial charge in [0.15, 0.2) is 5.15 Å². The average Bonchev–Trinajstić information content (AvgIpc) is 2.33. The van der Waals surface area contributed by atoms with E-state index in [1.807, 2.05) is 0 Å². The van der Waals surface area contributed by atoms with Crippen molar-refractivity contribution in [1.82, 2.24) is 4.98 Å². The van der Waals surface area contributed by atoms with E-state index in [1.165, 1.54) is 18.3 Å². The number of nitrogens with one attached hydrogen (secondary N) is 1. The third-order valence-electron chi connectivity index (χ3n) is 2.54. The minimum absolute atomic E-state index is 0.0302. The molecule has 0 atom stereocenters. The lowest BCUT2D eigenvalue weighted by atomic mass is 10.3. The second kappa shape index (κ2) is 5.77. The predicted molar refractivity (Wildman–Crippen MR) is 81.3 cm³/mol. The molecule has 2 rings (SSSR count). The van der Waals surface area contributed by atoms with E-state index in [1.54, 1.807) is 19.1 Å². The van der Waals surface area contributed by atoms with Gasteiger partial charge in [-0.15, -0.1) is 0 Å². The molecule has 0 amide bonds. The first-order chi connectivity index (χ1) is 9.33. The fraction of sp³-hybridized carbons (Fsp3) is 0.0833. The van der Waals surface area contributed by atoms with Crippen molar-refractivity contribution in [3.05, 3.63) is 51.2 Å². The molecule has 1 heterocycles. The fourth-order valence-corrected chi connectivity index (χ4v) is 4.17. The molecule has 0 aliphatic carbocycles. The van der Waals surface area contributed by atoms with Crippen LogP contribution in [-0.2, 0) is 10.0 Å². The van der Waals surface area contributed by atoms with E-state index in [0.717, 1.165) is 0 Å². The number of hydrogen-bond acceptors (Lipinski definition) is 3. The van der Waals surface area contributed by atoms with Crippen LogP contribution in [0.2, 0.25) is 15.2 Å². The zero-order valence-electron chi connectivity index (χ0n) is 10.2. The van der Waals surface area contributed by atoms with Crippen LogP contribution in [0.25, 0.3) is 0 Å². The van der Waals surface area contributed by atoms with Crippen molar-refractivity contribution in [3.8, 4) is 0 Å². The van der Waals surface area contributed by atoms with Crippen LogP contribution in [0, 0.1) is 6.92 Å². The summed E-state index contributed by atoms with van der Waals surface area (Å²) in [6.07, 6.45) is 1.48. The van der Waals surface area contributed by atoms with Crippen LogP contribution >= 0.6 is 34.8 Å². The maximum Gasteiger partial charge on any atom is 0.264 e. The van der Waals surface area contributed by atoms with Crippen LogP contribution in [0.15, 0.2) is 35.4 Å². The lowest BCUT2D eigenvalue weighted by molar-refractivity contribution is 0.601. The number of rotatable bonds is 3. The quantitative estimate of drug-likeness (QED) is 0.845. The Hall–Kier alpha value is -1.01. The van der Waals surface area contributed by atoms with E-state index in [4.69, 9.17) is 34.8 Å². The number of aryl methyl sites for hydroxylation is 1. The Morgan fingerprint density at radius 3 is 2.25 bits per heavy atom. The number of nitrogens with zero attached hydrogens (tertiary/aromatic N) is 1. The van der Waals surface area contributed by atoms with Crippen LogP contribution in [-0.4, -0.2) is 13.4 Å². The summed E-state index contributed by atoms with van der Waals surface area (Å²) < 4.78 is 27.1. The van der Waals surface area contributed by atoms with Gasteiger partial charge in [-0.25, -0.2) is 13.4 Å². The average molecular weight is 352 g/mol. The topological polar surface area (TPSA) is 59.1 Å². The second-order valence-corrected chi connectivity index (χ2v) is 6.74. The van der Waals surface area contributed by atoms with Gasteiger partial charge in [0.05, 0.1) is 15.7 Å². The molecule has 0 aliphatic heterocycles. The third-order valence-corrected chi connectivity index (χ3v) is 5.13. The van der Waals surface area contributed by atoms with E-state index >= 15 is 0 Å². The molecule has 0 radical (unpaired) electrons. The maximum atomic E-state index is 12.4. The molecule has 0 bridgehead atoms. The molecule has 0 spiro atoms. The molecular formula is C12H9Cl3N2O2S. The molecule has 0 aliphatic rings. The van der Waals surface area contributed by atoms with Gasteiger partial charge in [-0.05, 0) is 30.7 Å². The van der Waals surface area contributed by atoms with Crippen LogP contribution in [0.5, 0.6) is 0 Å². The molecular weight excluding hydrogens is 343 g/mol.